The van der Waals surface area contributed by atoms with Gasteiger partial charge in [0.05, 0.1) is 31.2 Å². The molecule has 9 heteroatoms. The lowest BCUT2D eigenvalue weighted by atomic mass is 10.0. The van der Waals surface area contributed by atoms with E-state index in [0.29, 0.717) is 24.4 Å². The summed E-state index contributed by atoms with van der Waals surface area (Å²) in [5.74, 6) is -0.809. The monoisotopic (exact) mass is 382 g/mol. The Morgan fingerprint density at radius 3 is 2.54 bits per heavy atom. The number of benzene rings is 1. The van der Waals surface area contributed by atoms with Crippen LogP contribution in [0.25, 0.3) is 0 Å². The highest BCUT2D eigenvalue weighted by Crippen LogP contribution is 2.29. The van der Waals surface area contributed by atoms with Gasteiger partial charge in [-0.05, 0) is 30.7 Å². The van der Waals surface area contributed by atoms with E-state index in [1.165, 1.54) is 0 Å². The molecule has 0 spiro atoms. The number of sulfone groups is 1. The Kier molecular flexibility index (Phi) is 4.94. The molecule has 0 unspecified atom stereocenters. The van der Waals surface area contributed by atoms with Crippen LogP contribution in [0.5, 0.6) is 5.75 Å². The van der Waals surface area contributed by atoms with E-state index >= 15 is 0 Å². The number of fused-ring (bicyclic) bond motifs is 1. The first-order valence-electron chi connectivity index (χ1n) is 8.34. The molecule has 2 aliphatic heterocycles. The molecule has 1 aromatic rings. The number of amides is 1. The fraction of sp³-hybridized carbons (Fsp3) is 0.529. The number of ether oxygens (including phenoxy) is 1. The molecular formula is C17H22N2O6S. The van der Waals surface area contributed by atoms with E-state index < -0.39 is 27.9 Å². The first kappa shape index (κ1) is 18.7. The van der Waals surface area contributed by atoms with Gasteiger partial charge in [-0.25, -0.2) is 8.42 Å². The number of hydrogen-bond donors (Lipinski definition) is 1. The summed E-state index contributed by atoms with van der Waals surface area (Å²) in [5, 5.41) is 9.07. The van der Waals surface area contributed by atoms with Gasteiger partial charge in [0.25, 0.3) is 5.91 Å². The van der Waals surface area contributed by atoms with Crippen LogP contribution in [0.4, 0.5) is 0 Å². The van der Waals surface area contributed by atoms with Crippen LogP contribution in [0.1, 0.15) is 15.9 Å². The minimum Gasteiger partial charge on any atom is -0.496 e. The van der Waals surface area contributed by atoms with E-state index in [0.717, 1.165) is 5.56 Å². The minimum atomic E-state index is -3.31. The van der Waals surface area contributed by atoms with Gasteiger partial charge in [0.15, 0.2) is 9.84 Å². The first-order chi connectivity index (χ1) is 12.2. The quantitative estimate of drug-likeness (QED) is 0.782. The second-order valence-corrected chi connectivity index (χ2v) is 8.91. The average molecular weight is 382 g/mol. The molecule has 8 nitrogen and oxygen atoms in total. The Morgan fingerprint density at radius 2 is 1.92 bits per heavy atom. The third-order valence-corrected chi connectivity index (χ3v) is 6.73. The summed E-state index contributed by atoms with van der Waals surface area (Å²) in [4.78, 5) is 27.3. The van der Waals surface area contributed by atoms with Crippen LogP contribution >= 0.6 is 0 Å². The van der Waals surface area contributed by atoms with Crippen molar-refractivity contribution >= 4 is 21.7 Å². The first-order valence-corrected chi connectivity index (χ1v) is 10.2. The van der Waals surface area contributed by atoms with Crippen LogP contribution in [-0.4, -0.2) is 85.5 Å². The lowest BCUT2D eigenvalue weighted by Gasteiger charge is -2.43. The van der Waals surface area contributed by atoms with Gasteiger partial charge in [-0.15, -0.1) is 0 Å². The zero-order valence-corrected chi connectivity index (χ0v) is 15.5. The SMILES string of the molecule is COc1ccc(C(=O)N2CCN(CC(=O)O)[C@@H]3CS(=O)(=O)C[C@@H]32)cc1C. The lowest BCUT2D eigenvalue weighted by Crippen LogP contribution is -2.61. The van der Waals surface area contributed by atoms with Crippen molar-refractivity contribution in [1.29, 1.82) is 0 Å². The van der Waals surface area contributed by atoms with Gasteiger partial charge in [-0.3, -0.25) is 14.5 Å². The van der Waals surface area contributed by atoms with Gasteiger partial charge >= 0.3 is 5.97 Å². The molecule has 1 N–H and O–H groups in total. The number of nitrogens with zero attached hydrogens (tertiary/aromatic N) is 2. The molecule has 1 amide bonds. The normalized spacial score (nSPS) is 24.9. The Labute approximate surface area is 152 Å². The molecule has 2 fully saturated rings. The minimum absolute atomic E-state index is 0.115. The highest BCUT2D eigenvalue weighted by Gasteiger charge is 2.48. The second-order valence-electron chi connectivity index (χ2n) is 6.76. The number of carboxylic acid groups (broad SMARTS) is 1. The average Bonchev–Trinajstić information content (AvgIpc) is 2.89. The fourth-order valence-electron chi connectivity index (χ4n) is 3.82. The molecule has 2 aliphatic rings. The van der Waals surface area contributed by atoms with E-state index in [-0.39, 0.29) is 24.0 Å². The number of carbonyl (C=O) groups excluding carboxylic acids is 1. The molecule has 0 radical (unpaired) electrons. The third-order valence-electron chi connectivity index (χ3n) is 5.03. The Balaban J connectivity index is 1.87. The van der Waals surface area contributed by atoms with E-state index in [2.05, 4.69) is 0 Å². The standard InChI is InChI=1S/C17H22N2O6S/c1-11-7-12(3-4-15(11)25-2)17(22)19-6-5-18(8-16(20)21)13-9-26(23,24)10-14(13)19/h3-4,7,13-14H,5-6,8-10H2,1-2H3,(H,20,21)/t13-,14+/m1/s1. The van der Waals surface area contributed by atoms with Crippen molar-refractivity contribution in [2.75, 3.05) is 38.2 Å². The van der Waals surface area contributed by atoms with Crippen LogP contribution < -0.4 is 4.74 Å². The molecule has 26 heavy (non-hydrogen) atoms. The number of carbonyl (C=O) groups is 2. The van der Waals surface area contributed by atoms with Crippen LogP contribution in [0.3, 0.4) is 0 Å². The Morgan fingerprint density at radius 1 is 1.23 bits per heavy atom. The number of piperazine rings is 1. The van der Waals surface area contributed by atoms with Crippen LogP contribution in [0.15, 0.2) is 18.2 Å². The molecule has 2 atom stereocenters. The number of hydrogen-bond acceptors (Lipinski definition) is 6. The molecule has 2 heterocycles. The van der Waals surface area contributed by atoms with Crippen molar-refractivity contribution in [3.8, 4) is 5.75 Å². The highest BCUT2D eigenvalue weighted by atomic mass is 32.2. The molecule has 1 aromatic carbocycles. The fourth-order valence-corrected chi connectivity index (χ4v) is 5.84. The summed E-state index contributed by atoms with van der Waals surface area (Å²) in [7, 11) is -1.76. The van der Waals surface area contributed by atoms with Crippen molar-refractivity contribution < 1.29 is 27.9 Å². The van der Waals surface area contributed by atoms with Crippen LogP contribution in [-0.2, 0) is 14.6 Å². The van der Waals surface area contributed by atoms with Gasteiger partial charge < -0.3 is 14.7 Å². The molecule has 0 aliphatic carbocycles. The number of rotatable bonds is 4. The summed E-state index contributed by atoms with van der Waals surface area (Å²) in [6.45, 7) is 2.25. The van der Waals surface area contributed by atoms with E-state index in [1.54, 1.807) is 35.1 Å². The molecule has 142 valence electrons. The maximum atomic E-state index is 13.0. The predicted octanol–water partition coefficient (Wildman–Crippen LogP) is 0.0116. The highest BCUT2D eigenvalue weighted by molar-refractivity contribution is 7.91. The largest absolute Gasteiger partial charge is 0.496 e. The number of carboxylic acids is 1. The van der Waals surface area contributed by atoms with E-state index in [9.17, 15) is 18.0 Å². The van der Waals surface area contributed by atoms with Crippen molar-refractivity contribution in [3.05, 3.63) is 29.3 Å². The smallest absolute Gasteiger partial charge is 0.317 e. The predicted molar refractivity (Wildman–Crippen MR) is 94.2 cm³/mol. The molecular weight excluding hydrogens is 360 g/mol. The summed E-state index contributed by atoms with van der Waals surface area (Å²) in [6.07, 6.45) is 0. The molecule has 3 rings (SSSR count). The van der Waals surface area contributed by atoms with E-state index in [4.69, 9.17) is 9.84 Å². The van der Waals surface area contributed by atoms with Gasteiger partial charge in [0.2, 0.25) is 0 Å². The van der Waals surface area contributed by atoms with Crippen molar-refractivity contribution in [2.24, 2.45) is 0 Å². The number of methoxy groups -OCH3 is 1. The zero-order valence-electron chi connectivity index (χ0n) is 14.7. The van der Waals surface area contributed by atoms with Gasteiger partial charge in [-0.1, -0.05) is 0 Å². The lowest BCUT2D eigenvalue weighted by molar-refractivity contribution is -0.139. The van der Waals surface area contributed by atoms with Crippen LogP contribution in [0.2, 0.25) is 0 Å². The van der Waals surface area contributed by atoms with Crippen molar-refractivity contribution in [1.82, 2.24) is 9.80 Å². The van der Waals surface area contributed by atoms with Crippen molar-refractivity contribution in [3.63, 3.8) is 0 Å². The number of aliphatic carboxylic acids is 1. The number of aryl methyl sites for hydroxylation is 1. The van der Waals surface area contributed by atoms with E-state index in [1.807, 2.05) is 6.92 Å². The second kappa shape index (κ2) is 6.88. The zero-order chi connectivity index (χ0) is 19.1. The molecule has 2 saturated heterocycles. The van der Waals surface area contributed by atoms with Crippen LogP contribution in [0, 0.1) is 6.92 Å². The topological polar surface area (TPSA) is 104 Å². The maximum Gasteiger partial charge on any atom is 0.317 e. The maximum absolute atomic E-state index is 13.0. The van der Waals surface area contributed by atoms with Gasteiger partial charge in [0, 0.05) is 24.7 Å². The molecule has 0 aromatic heterocycles. The molecule has 0 saturated carbocycles. The summed E-state index contributed by atoms with van der Waals surface area (Å²) >= 11 is 0. The third kappa shape index (κ3) is 3.54. The summed E-state index contributed by atoms with van der Waals surface area (Å²) in [6, 6.07) is 4.10. The van der Waals surface area contributed by atoms with Gasteiger partial charge in [-0.2, -0.15) is 0 Å². The van der Waals surface area contributed by atoms with Gasteiger partial charge in [0.1, 0.15) is 5.75 Å². The van der Waals surface area contributed by atoms with Crippen molar-refractivity contribution in [2.45, 2.75) is 19.0 Å². The Bertz CT molecular complexity index is 838. The molecule has 0 bridgehead atoms. The summed E-state index contributed by atoms with van der Waals surface area (Å²) < 4.78 is 29.5. The summed E-state index contributed by atoms with van der Waals surface area (Å²) in [5.41, 5.74) is 1.29. The Hall–Kier alpha value is -2.13.